The molecular weight excluding hydrogens is 323 g/mol. The standard InChI is InChI=1S/C14H9ClF3NO3/c1-21-13(20)11-7-6-10(12(15)19-11)8-2-4-9(5-3-8)22-14(16,17)18/h2-7H,1H3. The van der Waals surface area contributed by atoms with Crippen LogP contribution >= 0.6 is 11.6 Å². The van der Waals surface area contributed by atoms with Crippen LogP contribution in [0.3, 0.4) is 0 Å². The van der Waals surface area contributed by atoms with Gasteiger partial charge in [-0.25, -0.2) is 9.78 Å². The Balaban J connectivity index is 2.27. The number of rotatable bonds is 3. The van der Waals surface area contributed by atoms with Gasteiger partial charge in [-0.3, -0.25) is 0 Å². The van der Waals surface area contributed by atoms with Crippen molar-refractivity contribution in [3.63, 3.8) is 0 Å². The predicted molar refractivity (Wildman–Crippen MR) is 72.7 cm³/mol. The second-order valence-electron chi connectivity index (χ2n) is 4.10. The highest BCUT2D eigenvalue weighted by molar-refractivity contribution is 6.32. The van der Waals surface area contributed by atoms with Crippen molar-refractivity contribution in [3.8, 4) is 16.9 Å². The monoisotopic (exact) mass is 331 g/mol. The largest absolute Gasteiger partial charge is 0.573 e. The summed E-state index contributed by atoms with van der Waals surface area (Å²) in [4.78, 5) is 15.2. The van der Waals surface area contributed by atoms with E-state index in [0.29, 0.717) is 11.1 Å². The Bertz CT molecular complexity index is 687. The van der Waals surface area contributed by atoms with Crippen molar-refractivity contribution in [2.24, 2.45) is 0 Å². The van der Waals surface area contributed by atoms with Crippen molar-refractivity contribution >= 4 is 17.6 Å². The van der Waals surface area contributed by atoms with E-state index in [1.807, 2.05) is 0 Å². The third-order valence-electron chi connectivity index (χ3n) is 2.64. The van der Waals surface area contributed by atoms with Gasteiger partial charge in [0.2, 0.25) is 0 Å². The zero-order valence-electron chi connectivity index (χ0n) is 11.1. The average molecular weight is 332 g/mol. The van der Waals surface area contributed by atoms with Gasteiger partial charge in [0.05, 0.1) is 7.11 Å². The molecule has 0 aliphatic rings. The van der Waals surface area contributed by atoms with Crippen molar-refractivity contribution in [2.45, 2.75) is 6.36 Å². The molecule has 2 rings (SSSR count). The molecule has 1 aromatic heterocycles. The molecule has 0 amide bonds. The predicted octanol–water partition coefficient (Wildman–Crippen LogP) is 4.09. The molecule has 0 atom stereocenters. The molecule has 0 bridgehead atoms. The molecule has 2 aromatic rings. The molecule has 0 saturated carbocycles. The summed E-state index contributed by atoms with van der Waals surface area (Å²) in [6.45, 7) is 0. The van der Waals surface area contributed by atoms with E-state index >= 15 is 0 Å². The summed E-state index contributed by atoms with van der Waals surface area (Å²) in [5.41, 5.74) is 1.03. The number of ether oxygens (including phenoxy) is 2. The molecule has 1 aromatic carbocycles. The van der Waals surface area contributed by atoms with Crippen molar-refractivity contribution in [1.29, 1.82) is 0 Å². The maximum absolute atomic E-state index is 12.1. The van der Waals surface area contributed by atoms with Crippen LogP contribution in [0.15, 0.2) is 36.4 Å². The summed E-state index contributed by atoms with van der Waals surface area (Å²) in [7, 11) is 1.21. The lowest BCUT2D eigenvalue weighted by molar-refractivity contribution is -0.274. The smallest absolute Gasteiger partial charge is 0.464 e. The topological polar surface area (TPSA) is 48.4 Å². The second-order valence-corrected chi connectivity index (χ2v) is 4.46. The lowest BCUT2D eigenvalue weighted by Gasteiger charge is -2.10. The van der Waals surface area contributed by atoms with E-state index in [2.05, 4.69) is 14.5 Å². The lowest BCUT2D eigenvalue weighted by Crippen LogP contribution is -2.16. The van der Waals surface area contributed by atoms with E-state index in [1.165, 1.54) is 31.4 Å². The average Bonchev–Trinajstić information content (AvgIpc) is 2.46. The van der Waals surface area contributed by atoms with Crippen molar-refractivity contribution in [1.82, 2.24) is 4.98 Å². The van der Waals surface area contributed by atoms with Gasteiger partial charge >= 0.3 is 12.3 Å². The van der Waals surface area contributed by atoms with Gasteiger partial charge in [-0.05, 0) is 29.8 Å². The van der Waals surface area contributed by atoms with Crippen LogP contribution in [0.25, 0.3) is 11.1 Å². The Morgan fingerprint density at radius 2 is 1.77 bits per heavy atom. The number of esters is 1. The molecule has 116 valence electrons. The fraction of sp³-hybridized carbons (Fsp3) is 0.143. The fourth-order valence-electron chi connectivity index (χ4n) is 1.70. The lowest BCUT2D eigenvalue weighted by atomic mass is 10.1. The molecule has 0 saturated heterocycles. The Hall–Kier alpha value is -2.28. The summed E-state index contributed by atoms with van der Waals surface area (Å²) in [6.07, 6.45) is -4.75. The van der Waals surface area contributed by atoms with Crippen LogP contribution in [0.5, 0.6) is 5.75 Å². The Morgan fingerprint density at radius 1 is 1.14 bits per heavy atom. The summed E-state index contributed by atoms with van der Waals surface area (Å²) in [5.74, 6) is -0.978. The first kappa shape index (κ1) is 16.1. The first-order chi connectivity index (χ1) is 10.3. The van der Waals surface area contributed by atoms with E-state index in [-0.39, 0.29) is 16.6 Å². The Morgan fingerprint density at radius 3 is 2.27 bits per heavy atom. The second kappa shape index (κ2) is 6.23. The van der Waals surface area contributed by atoms with Gasteiger partial charge in [-0.1, -0.05) is 23.7 Å². The highest BCUT2D eigenvalue weighted by Crippen LogP contribution is 2.30. The number of halogens is 4. The van der Waals surface area contributed by atoms with Crippen molar-refractivity contribution in [3.05, 3.63) is 47.2 Å². The number of carbonyl (C=O) groups excluding carboxylic acids is 1. The Labute approximate surface area is 128 Å². The quantitative estimate of drug-likeness (QED) is 0.628. The first-order valence-electron chi connectivity index (χ1n) is 5.91. The molecule has 0 aliphatic carbocycles. The van der Waals surface area contributed by atoms with Crippen LogP contribution in [0.2, 0.25) is 5.15 Å². The molecule has 1 heterocycles. The van der Waals surface area contributed by atoms with Crippen LogP contribution in [0.1, 0.15) is 10.5 Å². The van der Waals surface area contributed by atoms with Crippen LogP contribution in [-0.2, 0) is 4.74 Å². The van der Waals surface area contributed by atoms with Crippen LogP contribution in [0.4, 0.5) is 13.2 Å². The molecular formula is C14H9ClF3NO3. The molecule has 0 unspecified atom stereocenters. The van der Waals surface area contributed by atoms with Gasteiger partial charge in [-0.15, -0.1) is 13.2 Å². The molecule has 0 aliphatic heterocycles. The molecule has 0 fully saturated rings. The number of carbonyl (C=O) groups is 1. The van der Waals surface area contributed by atoms with Crippen LogP contribution < -0.4 is 4.74 Å². The number of hydrogen-bond donors (Lipinski definition) is 0. The summed E-state index contributed by atoms with van der Waals surface area (Å²) in [5, 5.41) is 0.0346. The van der Waals surface area contributed by atoms with Crippen LogP contribution in [0, 0.1) is 0 Å². The van der Waals surface area contributed by atoms with E-state index in [0.717, 1.165) is 12.1 Å². The van der Waals surface area contributed by atoms with Crippen molar-refractivity contribution < 1.29 is 27.4 Å². The molecule has 8 heteroatoms. The molecule has 0 N–H and O–H groups in total. The van der Waals surface area contributed by atoms with Gasteiger partial charge < -0.3 is 9.47 Å². The third kappa shape index (κ3) is 3.88. The minimum atomic E-state index is -4.75. The zero-order chi connectivity index (χ0) is 16.3. The maximum atomic E-state index is 12.1. The first-order valence-corrected chi connectivity index (χ1v) is 6.29. The number of aromatic nitrogens is 1. The number of nitrogens with zero attached hydrogens (tertiary/aromatic N) is 1. The summed E-state index contributed by atoms with van der Waals surface area (Å²) in [6, 6.07) is 8.07. The van der Waals surface area contributed by atoms with Gasteiger partial charge in [0.1, 0.15) is 16.6 Å². The van der Waals surface area contributed by atoms with E-state index in [1.54, 1.807) is 0 Å². The van der Waals surface area contributed by atoms with Gasteiger partial charge in [0.25, 0.3) is 0 Å². The number of pyridine rings is 1. The van der Waals surface area contributed by atoms with Crippen LogP contribution in [-0.4, -0.2) is 24.4 Å². The molecule has 4 nitrogen and oxygen atoms in total. The minimum absolute atomic E-state index is 0.0346. The number of hydrogen-bond acceptors (Lipinski definition) is 4. The van der Waals surface area contributed by atoms with Gasteiger partial charge in [0, 0.05) is 5.56 Å². The highest BCUT2D eigenvalue weighted by atomic mass is 35.5. The molecule has 0 spiro atoms. The SMILES string of the molecule is COC(=O)c1ccc(-c2ccc(OC(F)(F)F)cc2)c(Cl)n1. The van der Waals surface area contributed by atoms with E-state index in [4.69, 9.17) is 11.6 Å². The van der Waals surface area contributed by atoms with E-state index < -0.39 is 12.3 Å². The molecule has 22 heavy (non-hydrogen) atoms. The normalized spacial score (nSPS) is 11.1. The van der Waals surface area contributed by atoms with Gasteiger partial charge in [0.15, 0.2) is 0 Å². The third-order valence-corrected chi connectivity index (χ3v) is 2.93. The highest BCUT2D eigenvalue weighted by Gasteiger charge is 2.31. The molecule has 0 radical (unpaired) electrons. The fourth-order valence-corrected chi connectivity index (χ4v) is 1.97. The number of methoxy groups -OCH3 is 1. The number of benzene rings is 1. The summed E-state index contributed by atoms with van der Waals surface area (Å²) < 4.78 is 44.6. The minimum Gasteiger partial charge on any atom is -0.464 e. The Kier molecular flexibility index (Phi) is 4.56. The number of alkyl halides is 3. The zero-order valence-corrected chi connectivity index (χ0v) is 11.9. The maximum Gasteiger partial charge on any atom is 0.573 e. The van der Waals surface area contributed by atoms with Crippen molar-refractivity contribution in [2.75, 3.05) is 7.11 Å². The van der Waals surface area contributed by atoms with Gasteiger partial charge in [-0.2, -0.15) is 0 Å². The van der Waals surface area contributed by atoms with E-state index in [9.17, 15) is 18.0 Å². The summed E-state index contributed by atoms with van der Waals surface area (Å²) >= 11 is 5.98.